The molecule has 1 saturated carbocycles. The van der Waals surface area contributed by atoms with Gasteiger partial charge in [0.1, 0.15) is 17.5 Å². The van der Waals surface area contributed by atoms with Crippen LogP contribution in [0.4, 0.5) is 4.39 Å². The predicted molar refractivity (Wildman–Crippen MR) is 110 cm³/mol. The van der Waals surface area contributed by atoms with E-state index in [2.05, 4.69) is 39.3 Å². The van der Waals surface area contributed by atoms with Crippen molar-refractivity contribution in [3.8, 4) is 5.88 Å². The average molecular weight is 430 g/mol. The number of nitrogens with zero attached hydrogens (tertiary/aromatic N) is 3. The Kier molecular flexibility index (Phi) is 6.80. The molecule has 0 aliphatic heterocycles. The van der Waals surface area contributed by atoms with Crippen molar-refractivity contribution in [2.75, 3.05) is 39.5 Å². The second-order valence-electron chi connectivity index (χ2n) is 7.05. The summed E-state index contributed by atoms with van der Waals surface area (Å²) in [6.45, 7) is 3.62. The second-order valence-corrected chi connectivity index (χ2v) is 8.66. The molecule has 2 heterocycles. The van der Waals surface area contributed by atoms with Crippen LogP contribution in [0, 0.1) is 5.82 Å². The van der Waals surface area contributed by atoms with Gasteiger partial charge in [0.2, 0.25) is 5.88 Å². The van der Waals surface area contributed by atoms with Crippen LogP contribution in [0.15, 0.2) is 9.95 Å². The Morgan fingerprint density at radius 2 is 2.14 bits per heavy atom. The molecule has 0 unspecified atom stereocenters. The molecule has 0 saturated heterocycles. The van der Waals surface area contributed by atoms with Crippen molar-refractivity contribution >= 4 is 34.3 Å². The van der Waals surface area contributed by atoms with E-state index in [-0.39, 0.29) is 34.1 Å². The van der Waals surface area contributed by atoms with Gasteiger partial charge >= 0.3 is 0 Å². The highest BCUT2D eigenvalue weighted by atomic mass is 35.5. The monoisotopic (exact) mass is 429 g/mol. The smallest absolute Gasteiger partial charge is 0.265 e. The van der Waals surface area contributed by atoms with Gasteiger partial charge in [-0.3, -0.25) is 4.79 Å². The lowest BCUT2D eigenvalue weighted by Gasteiger charge is -2.47. The van der Waals surface area contributed by atoms with Crippen LogP contribution in [0.2, 0.25) is 5.15 Å². The van der Waals surface area contributed by atoms with Crippen molar-refractivity contribution in [1.82, 2.24) is 25.2 Å². The third-order valence-corrected chi connectivity index (χ3v) is 6.19. The first-order valence-electron chi connectivity index (χ1n) is 9.31. The van der Waals surface area contributed by atoms with Crippen molar-refractivity contribution < 1.29 is 9.13 Å². The summed E-state index contributed by atoms with van der Waals surface area (Å²) in [7, 11) is 4.19. The van der Waals surface area contributed by atoms with Crippen LogP contribution in [0.1, 0.15) is 26.2 Å². The molecule has 1 fully saturated rings. The Hall–Kier alpha value is -1.42. The normalized spacial score (nSPS) is 15.8. The number of rotatable bonds is 9. The molecule has 28 heavy (non-hydrogen) atoms. The van der Waals surface area contributed by atoms with E-state index in [4.69, 9.17) is 16.3 Å². The summed E-state index contributed by atoms with van der Waals surface area (Å²) in [6, 6.07) is 0. The first kappa shape index (κ1) is 21.3. The summed E-state index contributed by atoms with van der Waals surface area (Å²) in [4.78, 5) is 25.4. The van der Waals surface area contributed by atoms with Gasteiger partial charge in [0.25, 0.3) is 5.56 Å². The van der Waals surface area contributed by atoms with Gasteiger partial charge < -0.3 is 19.9 Å². The number of likely N-dealkylation sites (N-methyl/N-ethyl adjacent to an activating group) is 1. The number of ether oxygens (including phenoxy) is 1. The number of thioether (sulfide) groups is 1. The Morgan fingerprint density at radius 1 is 1.39 bits per heavy atom. The van der Waals surface area contributed by atoms with Gasteiger partial charge in [-0.1, -0.05) is 30.3 Å². The number of aromatic nitrogens is 3. The van der Waals surface area contributed by atoms with E-state index in [0.717, 1.165) is 6.54 Å². The summed E-state index contributed by atoms with van der Waals surface area (Å²) >= 11 is 7.20. The Labute approximate surface area is 172 Å². The summed E-state index contributed by atoms with van der Waals surface area (Å²) in [6.07, 6.45) is 3.59. The maximum Gasteiger partial charge on any atom is 0.265 e. The molecule has 1 aliphatic carbocycles. The molecule has 2 aromatic heterocycles. The fourth-order valence-electron chi connectivity index (χ4n) is 3.32. The van der Waals surface area contributed by atoms with E-state index in [1.807, 2.05) is 6.92 Å². The fraction of sp³-hybridized carbons (Fsp3) is 0.611. The zero-order valence-corrected chi connectivity index (χ0v) is 17.8. The standard InChI is InChI=1S/C18H25ClFN5O2S/c1-4-28-17-22-13-11(15(26)24-17)16(23-14(19)12(13)20)27-9-8-21-10-18(25(2)3)6-5-7-18/h21H,4-10H2,1-3H3,(H,22,24,26). The lowest BCUT2D eigenvalue weighted by molar-refractivity contribution is 0.0593. The zero-order chi connectivity index (χ0) is 20.3. The van der Waals surface area contributed by atoms with Crippen molar-refractivity contribution in [2.45, 2.75) is 36.9 Å². The van der Waals surface area contributed by atoms with E-state index in [1.54, 1.807) is 0 Å². The third kappa shape index (κ3) is 4.27. The van der Waals surface area contributed by atoms with E-state index in [1.165, 1.54) is 31.0 Å². The number of H-pyrrole nitrogens is 1. The predicted octanol–water partition coefficient (Wildman–Crippen LogP) is 2.68. The lowest BCUT2D eigenvalue weighted by Crippen LogP contribution is -2.56. The average Bonchev–Trinajstić information content (AvgIpc) is 2.60. The molecule has 0 spiro atoms. The summed E-state index contributed by atoms with van der Waals surface area (Å²) < 4.78 is 20.0. The summed E-state index contributed by atoms with van der Waals surface area (Å²) in [5.41, 5.74) is -0.407. The number of pyridine rings is 1. The summed E-state index contributed by atoms with van der Waals surface area (Å²) in [5.74, 6) is -0.127. The van der Waals surface area contributed by atoms with Crippen LogP contribution in [-0.2, 0) is 0 Å². The molecule has 0 radical (unpaired) electrons. The van der Waals surface area contributed by atoms with Crippen LogP contribution in [0.25, 0.3) is 10.9 Å². The highest BCUT2D eigenvalue weighted by molar-refractivity contribution is 7.99. The molecule has 10 heteroatoms. The number of halogens is 2. The zero-order valence-electron chi connectivity index (χ0n) is 16.3. The first-order valence-corrected chi connectivity index (χ1v) is 10.7. The maximum absolute atomic E-state index is 14.4. The largest absolute Gasteiger partial charge is 0.476 e. The first-order chi connectivity index (χ1) is 13.4. The maximum atomic E-state index is 14.4. The van der Waals surface area contributed by atoms with Crippen LogP contribution in [0.5, 0.6) is 5.88 Å². The molecule has 0 aromatic carbocycles. The molecular formula is C18H25ClFN5O2S. The van der Waals surface area contributed by atoms with Crippen LogP contribution < -0.4 is 15.6 Å². The second kappa shape index (κ2) is 8.94. The number of nitrogens with one attached hydrogen (secondary N) is 2. The van der Waals surface area contributed by atoms with Crippen molar-refractivity contribution in [1.29, 1.82) is 0 Å². The SMILES string of the molecule is CCSc1nc2c(F)c(Cl)nc(OCCNCC3(N(C)C)CCC3)c2c(=O)[nH]1. The van der Waals surface area contributed by atoms with Gasteiger partial charge in [-0.2, -0.15) is 4.98 Å². The molecule has 0 bridgehead atoms. The minimum absolute atomic E-state index is 0.00374. The topological polar surface area (TPSA) is 83.1 Å². The third-order valence-electron chi connectivity index (χ3n) is 5.19. The number of hydrogen-bond donors (Lipinski definition) is 2. The number of hydrogen-bond acceptors (Lipinski definition) is 7. The van der Waals surface area contributed by atoms with E-state index in [9.17, 15) is 9.18 Å². The van der Waals surface area contributed by atoms with E-state index >= 15 is 0 Å². The minimum atomic E-state index is -0.816. The molecule has 7 nitrogen and oxygen atoms in total. The Bertz CT molecular complexity index is 904. The molecule has 0 amide bonds. The highest BCUT2D eigenvalue weighted by Crippen LogP contribution is 2.35. The lowest BCUT2D eigenvalue weighted by atomic mass is 9.75. The Morgan fingerprint density at radius 3 is 2.75 bits per heavy atom. The van der Waals surface area contributed by atoms with Gasteiger partial charge in [0.05, 0.1) is 0 Å². The molecule has 3 rings (SSSR count). The molecule has 154 valence electrons. The van der Waals surface area contributed by atoms with Gasteiger partial charge in [-0.05, 0) is 39.1 Å². The van der Waals surface area contributed by atoms with Crippen molar-refractivity contribution in [3.05, 3.63) is 21.3 Å². The van der Waals surface area contributed by atoms with Crippen LogP contribution in [0.3, 0.4) is 0 Å². The number of fused-ring (bicyclic) bond motifs is 1. The molecule has 2 aromatic rings. The number of aromatic amines is 1. The quantitative estimate of drug-likeness (QED) is 0.274. The van der Waals surface area contributed by atoms with Gasteiger partial charge in [0, 0.05) is 18.6 Å². The Balaban J connectivity index is 1.71. The van der Waals surface area contributed by atoms with E-state index < -0.39 is 11.4 Å². The summed E-state index contributed by atoms with van der Waals surface area (Å²) in [5, 5.41) is 3.34. The molecule has 1 aliphatic rings. The molecule has 2 N–H and O–H groups in total. The van der Waals surface area contributed by atoms with Crippen LogP contribution >= 0.6 is 23.4 Å². The minimum Gasteiger partial charge on any atom is -0.476 e. The van der Waals surface area contributed by atoms with Crippen molar-refractivity contribution in [2.24, 2.45) is 0 Å². The van der Waals surface area contributed by atoms with E-state index in [0.29, 0.717) is 17.5 Å². The van der Waals surface area contributed by atoms with Crippen LogP contribution in [-0.4, -0.2) is 64.9 Å². The molecular weight excluding hydrogens is 405 g/mol. The van der Waals surface area contributed by atoms with Crippen molar-refractivity contribution in [3.63, 3.8) is 0 Å². The van der Waals surface area contributed by atoms with Gasteiger partial charge in [-0.25, -0.2) is 9.37 Å². The highest BCUT2D eigenvalue weighted by Gasteiger charge is 2.38. The molecule has 0 atom stereocenters. The van der Waals surface area contributed by atoms with Gasteiger partial charge in [-0.15, -0.1) is 0 Å². The van der Waals surface area contributed by atoms with Gasteiger partial charge in [0.15, 0.2) is 16.1 Å². The fourth-order valence-corrected chi connectivity index (χ4v) is 4.08.